The highest BCUT2D eigenvalue weighted by Gasteiger charge is 2.13. The lowest BCUT2D eigenvalue weighted by Gasteiger charge is -2.15. The van der Waals surface area contributed by atoms with Crippen LogP contribution in [0, 0.1) is 32.1 Å². The standard InChI is InChI=1S/C15H17N3S/c1-9-7-10(2)17-15(13(9)8-16)18-12(4)14-6-5-11(3)19-14/h5-7,12H,1-4H3,(H,17,18). The number of anilines is 1. The van der Waals surface area contributed by atoms with Gasteiger partial charge >= 0.3 is 0 Å². The summed E-state index contributed by atoms with van der Waals surface area (Å²) in [5, 5.41) is 12.6. The Hall–Kier alpha value is -1.86. The fourth-order valence-corrected chi connectivity index (χ4v) is 2.92. The molecular formula is C15H17N3S. The Morgan fingerprint density at radius 2 is 2.05 bits per heavy atom. The molecule has 0 aliphatic heterocycles. The molecule has 1 unspecified atom stereocenters. The Kier molecular flexibility index (Phi) is 3.87. The number of hydrogen-bond donors (Lipinski definition) is 1. The molecule has 2 rings (SSSR count). The van der Waals surface area contributed by atoms with E-state index in [0.717, 1.165) is 11.3 Å². The molecule has 0 aromatic carbocycles. The van der Waals surface area contributed by atoms with E-state index in [1.807, 2.05) is 19.9 Å². The summed E-state index contributed by atoms with van der Waals surface area (Å²) in [6, 6.07) is 8.54. The molecule has 98 valence electrons. The Morgan fingerprint density at radius 1 is 1.32 bits per heavy atom. The van der Waals surface area contributed by atoms with E-state index in [9.17, 15) is 5.26 Å². The predicted octanol–water partition coefficient (Wildman–Crippen LogP) is 4.11. The number of aromatic nitrogens is 1. The summed E-state index contributed by atoms with van der Waals surface area (Å²) in [7, 11) is 0. The van der Waals surface area contributed by atoms with Crippen molar-refractivity contribution in [3.63, 3.8) is 0 Å². The fourth-order valence-electron chi connectivity index (χ4n) is 2.04. The fraction of sp³-hybridized carbons (Fsp3) is 0.333. The summed E-state index contributed by atoms with van der Waals surface area (Å²) < 4.78 is 0. The molecule has 2 aromatic rings. The van der Waals surface area contributed by atoms with E-state index >= 15 is 0 Å². The first-order chi connectivity index (χ1) is 9.01. The molecule has 3 nitrogen and oxygen atoms in total. The minimum absolute atomic E-state index is 0.152. The van der Waals surface area contributed by atoms with E-state index in [0.29, 0.717) is 11.4 Å². The van der Waals surface area contributed by atoms with Crippen molar-refractivity contribution in [3.05, 3.63) is 44.8 Å². The quantitative estimate of drug-likeness (QED) is 0.913. The molecule has 0 amide bonds. The maximum absolute atomic E-state index is 9.25. The van der Waals surface area contributed by atoms with Gasteiger partial charge in [0.15, 0.2) is 0 Å². The van der Waals surface area contributed by atoms with E-state index < -0.39 is 0 Å². The number of hydrogen-bond acceptors (Lipinski definition) is 4. The maximum atomic E-state index is 9.25. The second-order valence-corrected chi connectivity index (χ2v) is 6.05. The number of pyridine rings is 1. The number of thiophene rings is 1. The monoisotopic (exact) mass is 271 g/mol. The lowest BCUT2D eigenvalue weighted by Crippen LogP contribution is -2.09. The molecule has 2 heterocycles. The van der Waals surface area contributed by atoms with Crippen LogP contribution in [0.15, 0.2) is 18.2 Å². The van der Waals surface area contributed by atoms with Gasteiger partial charge in [-0.15, -0.1) is 11.3 Å². The topological polar surface area (TPSA) is 48.7 Å². The predicted molar refractivity (Wildman–Crippen MR) is 79.5 cm³/mol. The van der Waals surface area contributed by atoms with Crippen LogP contribution in [0.25, 0.3) is 0 Å². The highest BCUT2D eigenvalue weighted by molar-refractivity contribution is 7.12. The van der Waals surface area contributed by atoms with Gasteiger partial charge < -0.3 is 5.32 Å². The molecular weight excluding hydrogens is 254 g/mol. The number of nitrogens with one attached hydrogen (secondary N) is 1. The van der Waals surface area contributed by atoms with Gasteiger partial charge in [0.2, 0.25) is 0 Å². The molecule has 1 N–H and O–H groups in total. The van der Waals surface area contributed by atoms with E-state index in [2.05, 4.69) is 42.4 Å². The number of aryl methyl sites for hydroxylation is 3. The Bertz CT molecular complexity index is 637. The molecule has 1 atom stereocenters. The zero-order valence-corrected chi connectivity index (χ0v) is 12.4. The van der Waals surface area contributed by atoms with Crippen molar-refractivity contribution in [2.24, 2.45) is 0 Å². The van der Waals surface area contributed by atoms with E-state index in [4.69, 9.17) is 0 Å². The van der Waals surface area contributed by atoms with Gasteiger partial charge in [0.1, 0.15) is 11.9 Å². The first-order valence-electron chi connectivity index (χ1n) is 6.22. The Balaban J connectivity index is 2.31. The van der Waals surface area contributed by atoms with Crippen LogP contribution in [0.1, 0.15) is 39.5 Å². The summed E-state index contributed by atoms with van der Waals surface area (Å²) in [6.45, 7) is 8.07. The molecule has 0 spiro atoms. The average Bonchev–Trinajstić information content (AvgIpc) is 2.75. The molecule has 0 saturated carbocycles. The normalized spacial score (nSPS) is 11.9. The molecule has 0 saturated heterocycles. The van der Waals surface area contributed by atoms with Gasteiger partial charge in [-0.25, -0.2) is 4.98 Å². The second kappa shape index (κ2) is 5.41. The van der Waals surface area contributed by atoms with Gasteiger partial charge in [0.05, 0.1) is 11.6 Å². The molecule has 19 heavy (non-hydrogen) atoms. The molecule has 4 heteroatoms. The third-order valence-electron chi connectivity index (χ3n) is 3.00. The van der Waals surface area contributed by atoms with Gasteiger partial charge in [-0.05, 0) is 51.5 Å². The van der Waals surface area contributed by atoms with Crippen LogP contribution in [0.4, 0.5) is 5.82 Å². The Morgan fingerprint density at radius 3 is 2.63 bits per heavy atom. The molecule has 0 radical (unpaired) electrons. The van der Waals surface area contributed by atoms with Crippen LogP contribution < -0.4 is 5.32 Å². The SMILES string of the molecule is Cc1cc(C)c(C#N)c(NC(C)c2ccc(C)s2)n1. The van der Waals surface area contributed by atoms with E-state index in [1.165, 1.54) is 9.75 Å². The first kappa shape index (κ1) is 13.6. The zero-order chi connectivity index (χ0) is 14.0. The summed E-state index contributed by atoms with van der Waals surface area (Å²) >= 11 is 1.76. The van der Waals surface area contributed by atoms with E-state index in [1.54, 1.807) is 11.3 Å². The smallest absolute Gasteiger partial charge is 0.144 e. The highest BCUT2D eigenvalue weighted by atomic mass is 32.1. The van der Waals surface area contributed by atoms with Crippen molar-refractivity contribution in [3.8, 4) is 6.07 Å². The summed E-state index contributed by atoms with van der Waals surface area (Å²) in [5.41, 5.74) is 2.52. The third kappa shape index (κ3) is 2.94. The van der Waals surface area contributed by atoms with E-state index in [-0.39, 0.29) is 6.04 Å². The number of nitrogens with zero attached hydrogens (tertiary/aromatic N) is 2. The van der Waals surface area contributed by atoms with Crippen LogP contribution in [0.3, 0.4) is 0 Å². The molecule has 0 bridgehead atoms. The molecule has 0 fully saturated rings. The van der Waals surface area contributed by atoms with Crippen molar-refractivity contribution in [1.82, 2.24) is 4.98 Å². The largest absolute Gasteiger partial charge is 0.362 e. The Labute approximate surface area is 117 Å². The highest BCUT2D eigenvalue weighted by Crippen LogP contribution is 2.27. The number of rotatable bonds is 3. The van der Waals surface area contributed by atoms with Gasteiger partial charge in [0, 0.05) is 15.4 Å². The van der Waals surface area contributed by atoms with Crippen LogP contribution in [0.2, 0.25) is 0 Å². The van der Waals surface area contributed by atoms with Gasteiger partial charge in [-0.3, -0.25) is 0 Å². The minimum atomic E-state index is 0.152. The van der Waals surface area contributed by atoms with Crippen LogP contribution in [-0.4, -0.2) is 4.98 Å². The maximum Gasteiger partial charge on any atom is 0.144 e. The number of nitriles is 1. The van der Waals surface area contributed by atoms with Crippen molar-refractivity contribution >= 4 is 17.2 Å². The van der Waals surface area contributed by atoms with Gasteiger partial charge in [0.25, 0.3) is 0 Å². The van der Waals surface area contributed by atoms with Gasteiger partial charge in [-0.1, -0.05) is 0 Å². The van der Waals surface area contributed by atoms with Gasteiger partial charge in [-0.2, -0.15) is 5.26 Å². The van der Waals surface area contributed by atoms with Crippen LogP contribution in [-0.2, 0) is 0 Å². The second-order valence-electron chi connectivity index (χ2n) is 4.73. The lowest BCUT2D eigenvalue weighted by molar-refractivity contribution is 0.891. The van der Waals surface area contributed by atoms with Crippen molar-refractivity contribution in [2.75, 3.05) is 5.32 Å². The summed E-state index contributed by atoms with van der Waals surface area (Å²) in [5.74, 6) is 0.679. The summed E-state index contributed by atoms with van der Waals surface area (Å²) in [6.07, 6.45) is 0. The molecule has 2 aromatic heterocycles. The average molecular weight is 271 g/mol. The molecule has 0 aliphatic carbocycles. The third-order valence-corrected chi connectivity index (χ3v) is 4.18. The van der Waals surface area contributed by atoms with Crippen molar-refractivity contribution < 1.29 is 0 Å². The first-order valence-corrected chi connectivity index (χ1v) is 7.04. The molecule has 0 aliphatic rings. The van der Waals surface area contributed by atoms with Crippen molar-refractivity contribution in [1.29, 1.82) is 5.26 Å². The van der Waals surface area contributed by atoms with Crippen molar-refractivity contribution in [2.45, 2.75) is 33.7 Å². The lowest BCUT2D eigenvalue weighted by atomic mass is 10.1. The summed E-state index contributed by atoms with van der Waals surface area (Å²) in [4.78, 5) is 6.99. The van der Waals surface area contributed by atoms with Crippen LogP contribution >= 0.6 is 11.3 Å². The minimum Gasteiger partial charge on any atom is -0.362 e. The van der Waals surface area contributed by atoms with Crippen LogP contribution in [0.5, 0.6) is 0 Å². The zero-order valence-electron chi connectivity index (χ0n) is 11.6.